The molecule has 1 aromatic heterocycles. The molecule has 1 rings (SSSR count). The van der Waals surface area contributed by atoms with Crippen molar-refractivity contribution in [3.63, 3.8) is 0 Å². The van der Waals surface area contributed by atoms with E-state index in [0.717, 1.165) is 13.0 Å². The maximum atomic E-state index is 6.25. The highest BCUT2D eigenvalue weighted by molar-refractivity contribution is 5.06. The summed E-state index contributed by atoms with van der Waals surface area (Å²) in [5, 5.41) is 6.25. The predicted molar refractivity (Wildman–Crippen MR) is 60.5 cm³/mol. The molecule has 0 radical (unpaired) electrons. The van der Waals surface area contributed by atoms with Crippen LogP contribution in [0.5, 0.6) is 0 Å². The van der Waals surface area contributed by atoms with Crippen molar-refractivity contribution >= 4 is 0 Å². The number of aryl methyl sites for hydroxylation is 2. The molecule has 0 bridgehead atoms. The Labute approximate surface area is 93.2 Å². The zero-order chi connectivity index (χ0) is 11.5. The fourth-order valence-corrected chi connectivity index (χ4v) is 1.42. The lowest BCUT2D eigenvalue weighted by atomic mass is 10.2. The first-order valence-corrected chi connectivity index (χ1v) is 5.57. The summed E-state index contributed by atoms with van der Waals surface area (Å²) in [6.07, 6.45) is 9.45. The van der Waals surface area contributed by atoms with Gasteiger partial charge in [-0.3, -0.25) is 0 Å². The Hall–Kier alpha value is -1.36. The molecule has 0 aliphatic carbocycles. The molecule has 0 spiro atoms. The molecule has 0 atom stereocenters. The quantitative estimate of drug-likeness (QED) is 0.412. The van der Waals surface area contributed by atoms with Gasteiger partial charge in [0.1, 0.15) is 6.54 Å². The van der Waals surface area contributed by atoms with E-state index in [-0.39, 0.29) is 0 Å². The molecule has 0 amide bonds. The predicted octanol–water partition coefficient (Wildman–Crippen LogP) is 2.82. The van der Waals surface area contributed by atoms with Gasteiger partial charge in [-0.2, -0.15) is 0 Å². The molecule has 82 valence electrons. The van der Waals surface area contributed by atoms with Gasteiger partial charge in [0.2, 0.25) is 0 Å². The monoisotopic (exact) mass is 204 g/mol. The van der Waals surface area contributed by atoms with Gasteiger partial charge in [0.05, 0.1) is 0 Å². The molecule has 2 nitrogen and oxygen atoms in total. The van der Waals surface area contributed by atoms with Crippen LogP contribution in [0.1, 0.15) is 38.7 Å². The highest BCUT2D eigenvalue weighted by Gasteiger charge is 1.98. The Kier molecular flexibility index (Phi) is 8.37. The van der Waals surface area contributed by atoms with Crippen LogP contribution < -0.4 is 4.57 Å². The topological polar surface area (TPSA) is 27.7 Å². The first-order chi connectivity index (χ1) is 7.36. The third-order valence-corrected chi connectivity index (χ3v) is 2.39. The van der Waals surface area contributed by atoms with Gasteiger partial charge < -0.3 is 11.8 Å². The highest BCUT2D eigenvalue weighted by Crippen LogP contribution is 1.97. The number of pyridine rings is 1. The number of unbranched alkanes of at least 4 members (excludes halogenated alkanes) is 2. The molecule has 0 unspecified atom stereocenters. The summed E-state index contributed by atoms with van der Waals surface area (Å²) in [4.78, 5) is 0. The Morgan fingerprint density at radius 2 is 1.73 bits per heavy atom. The van der Waals surface area contributed by atoms with Gasteiger partial charge in [-0.1, -0.05) is 20.3 Å². The Bertz CT molecular complexity index is 262. The molecule has 2 heteroatoms. The lowest BCUT2D eigenvalue weighted by Gasteiger charge is -1.97. The van der Waals surface area contributed by atoms with Gasteiger partial charge >= 0.3 is 0 Å². The second-order valence-corrected chi connectivity index (χ2v) is 3.50. The van der Waals surface area contributed by atoms with E-state index >= 15 is 0 Å². The second-order valence-electron chi connectivity index (χ2n) is 3.50. The van der Waals surface area contributed by atoms with Crippen LogP contribution in [-0.2, 0) is 13.0 Å². The van der Waals surface area contributed by atoms with Crippen LogP contribution in [0, 0.1) is 11.8 Å². The Morgan fingerprint density at radius 1 is 1.13 bits per heavy atom. The van der Waals surface area contributed by atoms with Crippen molar-refractivity contribution in [2.45, 2.75) is 46.1 Å². The van der Waals surface area contributed by atoms with Crippen molar-refractivity contribution in [1.82, 2.24) is 0 Å². The summed E-state index contributed by atoms with van der Waals surface area (Å²) >= 11 is 0. The smallest absolute Gasteiger partial charge is 0.169 e. The van der Waals surface area contributed by atoms with Crippen molar-refractivity contribution in [2.24, 2.45) is 0 Å². The Morgan fingerprint density at radius 3 is 2.20 bits per heavy atom. The standard InChI is InChI=1S/C12H20N.CN/c1-3-5-6-9-13-10-7-12(4-2)8-11-13;1-2/h7-8,10-11H,3-6,9H2,1-2H3;/q+1;-1. The van der Waals surface area contributed by atoms with Crippen molar-refractivity contribution < 1.29 is 4.57 Å². The number of hydrogen-bond acceptors (Lipinski definition) is 1. The van der Waals surface area contributed by atoms with E-state index in [0.29, 0.717) is 0 Å². The van der Waals surface area contributed by atoms with Crippen LogP contribution in [0.4, 0.5) is 0 Å². The van der Waals surface area contributed by atoms with Gasteiger partial charge in [-0.25, -0.2) is 4.57 Å². The molecule has 0 aromatic carbocycles. The number of aromatic nitrogens is 1. The van der Waals surface area contributed by atoms with E-state index in [4.69, 9.17) is 11.8 Å². The SMILES string of the molecule is CCCCC[n+]1ccc(CC)cc1.[C-]#N. The second kappa shape index (κ2) is 9.21. The molecular weight excluding hydrogens is 184 g/mol. The summed E-state index contributed by atoms with van der Waals surface area (Å²) < 4.78 is 2.27. The van der Waals surface area contributed by atoms with Crippen molar-refractivity contribution in [3.8, 4) is 0 Å². The fraction of sp³-hybridized carbons (Fsp3) is 0.538. The van der Waals surface area contributed by atoms with Gasteiger partial charge in [-0.05, 0) is 18.4 Å². The average molecular weight is 204 g/mol. The molecule has 0 saturated carbocycles. The van der Waals surface area contributed by atoms with Crippen LogP contribution in [0.3, 0.4) is 0 Å². The zero-order valence-corrected chi connectivity index (χ0v) is 9.74. The summed E-state index contributed by atoms with van der Waals surface area (Å²) in [6.45, 7) is 10.3. The van der Waals surface area contributed by atoms with E-state index in [9.17, 15) is 0 Å². The maximum absolute atomic E-state index is 6.25. The van der Waals surface area contributed by atoms with Gasteiger partial charge in [0.15, 0.2) is 12.4 Å². The van der Waals surface area contributed by atoms with Crippen LogP contribution in [0.2, 0.25) is 0 Å². The molecule has 1 heterocycles. The summed E-state index contributed by atoms with van der Waals surface area (Å²) in [5.41, 5.74) is 1.42. The average Bonchev–Trinajstić information content (AvgIpc) is 2.33. The van der Waals surface area contributed by atoms with Gasteiger partial charge in [0.25, 0.3) is 0 Å². The minimum atomic E-state index is 1.13. The molecule has 0 N–H and O–H groups in total. The van der Waals surface area contributed by atoms with Crippen molar-refractivity contribution in [2.75, 3.05) is 0 Å². The molecule has 0 aliphatic rings. The van der Waals surface area contributed by atoms with Crippen LogP contribution in [-0.4, -0.2) is 0 Å². The summed E-state index contributed by atoms with van der Waals surface area (Å²) in [7, 11) is 0. The number of rotatable bonds is 5. The lowest BCUT2D eigenvalue weighted by molar-refractivity contribution is -0.697. The van der Waals surface area contributed by atoms with Gasteiger partial charge in [-0.15, -0.1) is 0 Å². The Balaban J connectivity index is 0.000000921. The first-order valence-electron chi connectivity index (χ1n) is 5.57. The highest BCUT2D eigenvalue weighted by atomic mass is 14.9. The normalized spacial score (nSPS) is 9.07. The summed E-state index contributed by atoms with van der Waals surface area (Å²) in [6, 6.07) is 4.43. The van der Waals surface area contributed by atoms with Gasteiger partial charge in [0, 0.05) is 18.6 Å². The zero-order valence-electron chi connectivity index (χ0n) is 9.74. The van der Waals surface area contributed by atoms with Crippen molar-refractivity contribution in [1.29, 1.82) is 5.26 Å². The molecule has 1 aromatic rings. The van der Waals surface area contributed by atoms with E-state index in [2.05, 4.69) is 42.9 Å². The third-order valence-electron chi connectivity index (χ3n) is 2.39. The van der Waals surface area contributed by atoms with Crippen LogP contribution in [0.15, 0.2) is 24.5 Å². The third kappa shape index (κ3) is 5.85. The molecule has 0 saturated heterocycles. The van der Waals surface area contributed by atoms with E-state index in [1.54, 1.807) is 0 Å². The molecule has 0 fully saturated rings. The van der Waals surface area contributed by atoms with Crippen LogP contribution in [0.25, 0.3) is 0 Å². The molecule has 0 aliphatic heterocycles. The molecule has 15 heavy (non-hydrogen) atoms. The van der Waals surface area contributed by atoms with E-state index < -0.39 is 0 Å². The van der Waals surface area contributed by atoms with Crippen molar-refractivity contribution in [3.05, 3.63) is 36.7 Å². The fourth-order valence-electron chi connectivity index (χ4n) is 1.42. The minimum absolute atomic E-state index is 1.13. The number of hydrogen-bond donors (Lipinski definition) is 0. The van der Waals surface area contributed by atoms with Crippen LogP contribution >= 0.6 is 0 Å². The lowest BCUT2D eigenvalue weighted by Crippen LogP contribution is -2.32. The number of nitrogens with zero attached hydrogens (tertiary/aromatic N) is 2. The maximum Gasteiger partial charge on any atom is 0.169 e. The van der Waals surface area contributed by atoms with E-state index in [1.807, 2.05) is 0 Å². The first kappa shape index (κ1) is 13.6. The van der Waals surface area contributed by atoms with E-state index in [1.165, 1.54) is 24.8 Å². The summed E-state index contributed by atoms with van der Waals surface area (Å²) in [5.74, 6) is 0. The largest absolute Gasteiger partial charge is 0.512 e. The minimum Gasteiger partial charge on any atom is -0.512 e. The molecular formula is C13H20N2.